The van der Waals surface area contributed by atoms with Gasteiger partial charge in [0, 0.05) is 0 Å². The van der Waals surface area contributed by atoms with Crippen LogP contribution in [0.25, 0.3) is 11.0 Å². The number of nitrogen functional groups attached to an aromatic ring is 1. The van der Waals surface area contributed by atoms with E-state index in [0.717, 1.165) is 0 Å². The van der Waals surface area contributed by atoms with Crippen LogP contribution in [0.15, 0.2) is 67.0 Å². The molecule has 0 radical (unpaired) electrons. The molecule has 2 N–H and O–H groups in total. The van der Waals surface area contributed by atoms with Gasteiger partial charge in [0.1, 0.15) is 18.2 Å². The molecule has 0 bridgehead atoms. The summed E-state index contributed by atoms with van der Waals surface area (Å²) >= 11 is 0. The maximum absolute atomic E-state index is 13.1. The number of carbonyl (C=O) groups excluding carboxylic acids is 2. The number of hydrogen-bond donors (Lipinski definition) is 1. The molecule has 0 amide bonds. The van der Waals surface area contributed by atoms with Gasteiger partial charge in [0.2, 0.25) is 0 Å². The summed E-state index contributed by atoms with van der Waals surface area (Å²) in [5.41, 5.74) is 7.83. The topological polar surface area (TPSA) is 131 Å². The summed E-state index contributed by atoms with van der Waals surface area (Å²) in [5.74, 6) is -0.843. The van der Waals surface area contributed by atoms with Gasteiger partial charge >= 0.3 is 11.9 Å². The van der Waals surface area contributed by atoms with Gasteiger partial charge in [-0.1, -0.05) is 43.3 Å². The first-order chi connectivity index (χ1) is 17.5. The molecule has 184 valence electrons. The molecule has 3 heterocycles. The molecular weight excluding hydrogens is 462 g/mol. The van der Waals surface area contributed by atoms with E-state index < -0.39 is 36.5 Å². The second kappa shape index (κ2) is 9.74. The van der Waals surface area contributed by atoms with Gasteiger partial charge in [-0.2, -0.15) is 5.10 Å². The van der Waals surface area contributed by atoms with E-state index >= 15 is 0 Å². The highest BCUT2D eigenvalue weighted by Gasteiger charge is 2.51. The average Bonchev–Trinajstić information content (AvgIpc) is 3.42. The second-order valence-electron chi connectivity index (χ2n) is 8.43. The molecule has 2 aromatic carbocycles. The number of carbonyl (C=O) groups is 2. The van der Waals surface area contributed by atoms with E-state index in [2.05, 4.69) is 15.1 Å². The van der Waals surface area contributed by atoms with E-state index in [-0.39, 0.29) is 5.82 Å². The highest BCUT2D eigenvalue weighted by atomic mass is 16.6. The Balaban J connectivity index is 1.55. The molecule has 1 saturated heterocycles. The monoisotopic (exact) mass is 487 g/mol. The van der Waals surface area contributed by atoms with Crippen LogP contribution >= 0.6 is 0 Å². The molecule has 10 nitrogen and oxygen atoms in total. The number of rotatable bonds is 6. The van der Waals surface area contributed by atoms with Crippen molar-refractivity contribution in [2.45, 2.75) is 44.8 Å². The van der Waals surface area contributed by atoms with Crippen LogP contribution in [-0.4, -0.2) is 50.0 Å². The summed E-state index contributed by atoms with van der Waals surface area (Å²) < 4.78 is 19.7. The molecule has 0 aliphatic carbocycles. The van der Waals surface area contributed by atoms with Crippen LogP contribution < -0.4 is 5.73 Å². The van der Waals surface area contributed by atoms with E-state index in [1.54, 1.807) is 61.5 Å². The highest BCUT2D eigenvalue weighted by Crippen LogP contribution is 2.38. The lowest BCUT2D eigenvalue weighted by atomic mass is 10.1. The zero-order chi connectivity index (χ0) is 25.2. The van der Waals surface area contributed by atoms with Gasteiger partial charge in [0.15, 0.2) is 24.1 Å². The van der Waals surface area contributed by atoms with Crippen molar-refractivity contribution in [2.24, 2.45) is 0 Å². The Labute approximate surface area is 207 Å². The molecule has 2 aromatic heterocycles. The van der Waals surface area contributed by atoms with Crippen molar-refractivity contribution >= 4 is 28.8 Å². The fraction of sp³-hybridized carbons (Fsp3) is 0.269. The van der Waals surface area contributed by atoms with Crippen molar-refractivity contribution in [2.75, 3.05) is 5.73 Å². The molecule has 0 saturated carbocycles. The van der Waals surface area contributed by atoms with Gasteiger partial charge in [0.25, 0.3) is 0 Å². The zero-order valence-corrected chi connectivity index (χ0v) is 19.8. The standard InChI is InChI=1S/C26H25N5O5/c1-3-18-20(35-25(32)16-10-6-4-7-11-16)21(36-26(33)17-12-8-5-9-13-17)24(34-18)31-23-19(15(2)30-31)22(27)28-14-29-23/h4-14,18,20-21,24H,3H2,1-2H3,(H2,27,28,29)/t18-,20-,21?,24-/m1/s1. The van der Waals surface area contributed by atoms with Crippen molar-refractivity contribution in [3.05, 3.63) is 83.8 Å². The Bertz CT molecular complexity index is 1390. The van der Waals surface area contributed by atoms with Crippen molar-refractivity contribution < 1.29 is 23.8 Å². The van der Waals surface area contributed by atoms with Gasteiger partial charge in [0.05, 0.1) is 22.2 Å². The molecule has 36 heavy (non-hydrogen) atoms. The van der Waals surface area contributed by atoms with Crippen molar-refractivity contribution in [1.82, 2.24) is 19.7 Å². The minimum absolute atomic E-state index is 0.277. The molecule has 4 atom stereocenters. The predicted octanol–water partition coefficient (Wildman–Crippen LogP) is 3.48. The summed E-state index contributed by atoms with van der Waals surface area (Å²) in [6.07, 6.45) is -1.54. The minimum atomic E-state index is -1.01. The second-order valence-corrected chi connectivity index (χ2v) is 8.43. The molecule has 1 aliphatic heterocycles. The highest BCUT2D eigenvalue weighted by molar-refractivity contribution is 5.91. The number of nitrogens with two attached hydrogens (primary N) is 1. The predicted molar refractivity (Wildman–Crippen MR) is 130 cm³/mol. The van der Waals surface area contributed by atoms with Crippen LogP contribution in [0.3, 0.4) is 0 Å². The van der Waals surface area contributed by atoms with Gasteiger partial charge in [-0.05, 0) is 37.6 Å². The van der Waals surface area contributed by atoms with Crippen molar-refractivity contribution in [1.29, 1.82) is 0 Å². The number of aromatic nitrogens is 4. The van der Waals surface area contributed by atoms with Crippen LogP contribution in [0.4, 0.5) is 5.82 Å². The molecular formula is C26H25N5O5. The third-order valence-corrected chi connectivity index (χ3v) is 6.13. The van der Waals surface area contributed by atoms with Crippen molar-refractivity contribution in [3.63, 3.8) is 0 Å². The molecule has 1 aliphatic rings. The van der Waals surface area contributed by atoms with Crippen LogP contribution in [0.5, 0.6) is 0 Å². The molecule has 4 aromatic rings. The van der Waals surface area contributed by atoms with E-state index in [0.29, 0.717) is 34.3 Å². The Morgan fingerprint density at radius 3 is 2.11 bits per heavy atom. The maximum atomic E-state index is 13.1. The number of benzene rings is 2. The smallest absolute Gasteiger partial charge is 0.338 e. The van der Waals surface area contributed by atoms with Crippen molar-refractivity contribution in [3.8, 4) is 0 Å². The first-order valence-corrected chi connectivity index (χ1v) is 11.6. The third kappa shape index (κ3) is 4.27. The summed E-state index contributed by atoms with van der Waals surface area (Å²) in [7, 11) is 0. The molecule has 1 unspecified atom stereocenters. The SMILES string of the molecule is CC[C@H]1O[C@@H](n2nc(C)c3c(N)ncnc32)C(OC(=O)c2ccccc2)[C@@H]1OC(=O)c1ccccc1. The number of nitrogens with zero attached hydrogens (tertiary/aromatic N) is 4. The summed E-state index contributed by atoms with van der Waals surface area (Å²) in [4.78, 5) is 34.5. The quantitative estimate of drug-likeness (QED) is 0.406. The maximum Gasteiger partial charge on any atom is 0.338 e. The number of ether oxygens (including phenoxy) is 3. The minimum Gasteiger partial charge on any atom is -0.452 e. The Morgan fingerprint density at radius 2 is 1.53 bits per heavy atom. The summed E-state index contributed by atoms with van der Waals surface area (Å²) in [6.45, 7) is 3.68. The largest absolute Gasteiger partial charge is 0.452 e. The Morgan fingerprint density at radius 1 is 0.944 bits per heavy atom. The lowest BCUT2D eigenvalue weighted by Crippen LogP contribution is -2.39. The normalized spacial score (nSPS) is 21.4. The van der Waals surface area contributed by atoms with E-state index in [1.165, 1.54) is 11.0 Å². The molecule has 10 heteroatoms. The van der Waals surface area contributed by atoms with Gasteiger partial charge in [-0.25, -0.2) is 24.2 Å². The molecule has 0 spiro atoms. The lowest BCUT2D eigenvalue weighted by Gasteiger charge is -2.24. The van der Waals surface area contributed by atoms with Gasteiger partial charge in [-0.3, -0.25) is 0 Å². The summed E-state index contributed by atoms with van der Waals surface area (Å²) in [5, 5.41) is 5.16. The molecule has 1 fully saturated rings. The fourth-order valence-corrected chi connectivity index (χ4v) is 4.38. The van der Waals surface area contributed by atoms with E-state index in [1.807, 2.05) is 13.0 Å². The number of hydrogen-bond acceptors (Lipinski definition) is 9. The fourth-order valence-electron chi connectivity index (χ4n) is 4.38. The third-order valence-electron chi connectivity index (χ3n) is 6.13. The summed E-state index contributed by atoms with van der Waals surface area (Å²) in [6, 6.07) is 17.2. The van der Waals surface area contributed by atoms with Crippen LogP contribution in [-0.2, 0) is 14.2 Å². The lowest BCUT2D eigenvalue weighted by molar-refractivity contribution is -0.0543. The average molecular weight is 488 g/mol. The van der Waals surface area contributed by atoms with E-state index in [4.69, 9.17) is 19.9 Å². The Hall–Kier alpha value is -4.31. The zero-order valence-electron chi connectivity index (χ0n) is 19.8. The molecule has 5 rings (SSSR count). The van der Waals surface area contributed by atoms with Crippen LogP contribution in [0.2, 0.25) is 0 Å². The number of aryl methyl sites for hydroxylation is 1. The van der Waals surface area contributed by atoms with Crippen LogP contribution in [0, 0.1) is 6.92 Å². The van der Waals surface area contributed by atoms with E-state index in [9.17, 15) is 9.59 Å². The first kappa shape index (κ1) is 23.4. The first-order valence-electron chi connectivity index (χ1n) is 11.6. The Kier molecular flexibility index (Phi) is 6.34. The van der Waals surface area contributed by atoms with Gasteiger partial charge in [-0.15, -0.1) is 0 Å². The van der Waals surface area contributed by atoms with Gasteiger partial charge < -0.3 is 19.9 Å². The van der Waals surface area contributed by atoms with Crippen LogP contribution in [0.1, 0.15) is 46.0 Å². The number of anilines is 1. The number of fused-ring (bicyclic) bond motifs is 1. The number of esters is 2.